The first kappa shape index (κ1) is 13.2. The van der Waals surface area contributed by atoms with E-state index >= 15 is 0 Å². The lowest BCUT2D eigenvalue weighted by Crippen LogP contribution is -2.01. The van der Waals surface area contributed by atoms with E-state index in [4.69, 9.17) is 0 Å². The molecule has 0 bridgehead atoms. The number of nitrogens with one attached hydrogen (secondary N) is 1. The van der Waals surface area contributed by atoms with Crippen LogP contribution >= 0.6 is 0 Å². The Hall–Kier alpha value is -2.23. The van der Waals surface area contributed by atoms with Crippen molar-refractivity contribution in [2.45, 2.75) is 12.8 Å². The predicted octanol–water partition coefficient (Wildman–Crippen LogP) is 3.94. The number of hydrogen-bond donors (Lipinski definition) is 1. The summed E-state index contributed by atoms with van der Waals surface area (Å²) in [5.41, 5.74) is 5.00. The summed E-state index contributed by atoms with van der Waals surface area (Å²) in [4.78, 5) is 0. The second-order valence-corrected chi connectivity index (χ2v) is 4.03. The summed E-state index contributed by atoms with van der Waals surface area (Å²) in [6.45, 7) is 0. The molecule has 0 aliphatic rings. The Morgan fingerprint density at radius 3 is 2.42 bits per heavy atom. The van der Waals surface area contributed by atoms with Gasteiger partial charge in [-0.1, -0.05) is 42.5 Å². The topological polar surface area (TPSA) is 24.4 Å². The second kappa shape index (κ2) is 6.64. The Bertz CT molecular complexity index is 539. The summed E-state index contributed by atoms with van der Waals surface area (Å²) in [6.07, 6.45) is -1.05. The fourth-order valence-corrected chi connectivity index (χ4v) is 1.70. The summed E-state index contributed by atoms with van der Waals surface area (Å²) in [5.74, 6) is 0. The zero-order chi connectivity index (χ0) is 13.5. The molecule has 0 amide bonds. The van der Waals surface area contributed by atoms with Crippen LogP contribution in [0.25, 0.3) is 0 Å². The van der Waals surface area contributed by atoms with Crippen molar-refractivity contribution in [1.29, 1.82) is 0 Å². The minimum Gasteiger partial charge on any atom is -0.279 e. The molecular formula is C15H14F2N2. The maximum absolute atomic E-state index is 12.4. The molecule has 0 fully saturated rings. The Balaban J connectivity index is 2.06. The Kier molecular flexibility index (Phi) is 4.61. The van der Waals surface area contributed by atoms with E-state index in [1.165, 1.54) is 0 Å². The maximum atomic E-state index is 12.4. The van der Waals surface area contributed by atoms with Gasteiger partial charge in [-0.25, -0.2) is 8.78 Å². The minimum absolute atomic E-state index is 0.256. The van der Waals surface area contributed by atoms with Gasteiger partial charge in [0.25, 0.3) is 0 Å². The number of para-hydroxylation sites is 1. The molecule has 98 valence electrons. The normalized spacial score (nSPS) is 11.1. The number of benzene rings is 2. The Labute approximate surface area is 110 Å². The lowest BCUT2D eigenvalue weighted by molar-refractivity contribution is 0.149. The van der Waals surface area contributed by atoms with Crippen molar-refractivity contribution in [3.8, 4) is 0 Å². The summed E-state index contributed by atoms with van der Waals surface area (Å²) < 4.78 is 24.9. The number of halogens is 2. The van der Waals surface area contributed by atoms with Gasteiger partial charge < -0.3 is 0 Å². The largest absolute Gasteiger partial charge is 0.279 e. The summed E-state index contributed by atoms with van der Waals surface area (Å²) in [6, 6.07) is 16.5. The molecule has 0 aliphatic carbocycles. The summed E-state index contributed by atoms with van der Waals surface area (Å²) in [7, 11) is 0. The lowest BCUT2D eigenvalue weighted by atomic mass is 10.1. The maximum Gasteiger partial charge on any atom is 0.242 e. The predicted molar refractivity (Wildman–Crippen MR) is 73.8 cm³/mol. The lowest BCUT2D eigenvalue weighted by Gasteiger charge is -2.05. The van der Waals surface area contributed by atoms with Gasteiger partial charge in [-0.3, -0.25) is 5.43 Å². The fraction of sp³-hybridized carbons (Fsp3) is 0.133. The minimum atomic E-state index is -2.35. The van der Waals surface area contributed by atoms with Crippen LogP contribution in [0.1, 0.15) is 11.1 Å². The van der Waals surface area contributed by atoms with Crippen LogP contribution in [0.3, 0.4) is 0 Å². The van der Waals surface area contributed by atoms with Crippen LogP contribution < -0.4 is 5.43 Å². The zero-order valence-corrected chi connectivity index (χ0v) is 10.3. The van der Waals surface area contributed by atoms with Gasteiger partial charge >= 0.3 is 0 Å². The van der Waals surface area contributed by atoms with Crippen molar-refractivity contribution in [2.24, 2.45) is 5.10 Å². The van der Waals surface area contributed by atoms with E-state index < -0.39 is 6.43 Å². The third kappa shape index (κ3) is 4.17. The number of rotatable bonds is 5. The molecule has 2 nitrogen and oxygen atoms in total. The molecule has 0 saturated carbocycles. The van der Waals surface area contributed by atoms with Gasteiger partial charge in [0, 0.05) is 6.42 Å². The van der Waals surface area contributed by atoms with Gasteiger partial charge in [0.15, 0.2) is 0 Å². The molecule has 0 aliphatic heterocycles. The van der Waals surface area contributed by atoms with Crippen LogP contribution in [0.2, 0.25) is 0 Å². The van der Waals surface area contributed by atoms with Crippen LogP contribution in [0.5, 0.6) is 0 Å². The number of hydrazone groups is 1. The molecule has 0 radical (unpaired) electrons. The van der Waals surface area contributed by atoms with Gasteiger partial charge in [0.1, 0.15) is 0 Å². The number of alkyl halides is 2. The van der Waals surface area contributed by atoms with Gasteiger partial charge in [0.05, 0.1) is 11.9 Å². The number of hydrogen-bond acceptors (Lipinski definition) is 2. The molecule has 1 N–H and O–H groups in total. The Morgan fingerprint density at radius 2 is 1.68 bits per heavy atom. The van der Waals surface area contributed by atoms with Gasteiger partial charge in [0.2, 0.25) is 6.43 Å². The molecule has 4 heteroatoms. The van der Waals surface area contributed by atoms with E-state index in [1.807, 2.05) is 30.3 Å². The average Bonchev–Trinajstić information content (AvgIpc) is 2.41. The summed E-state index contributed by atoms with van der Waals surface area (Å²) in [5, 5.41) is 4.06. The Morgan fingerprint density at radius 1 is 1.00 bits per heavy atom. The second-order valence-electron chi connectivity index (χ2n) is 4.03. The molecule has 0 saturated heterocycles. The molecule has 0 unspecified atom stereocenters. The number of anilines is 1. The van der Waals surface area contributed by atoms with Crippen molar-refractivity contribution < 1.29 is 8.78 Å². The molecule has 0 atom stereocenters. The molecule has 0 aromatic heterocycles. The van der Waals surface area contributed by atoms with E-state index in [9.17, 15) is 8.78 Å². The average molecular weight is 260 g/mol. The highest BCUT2D eigenvalue weighted by Crippen LogP contribution is 2.12. The molecule has 19 heavy (non-hydrogen) atoms. The number of nitrogens with zero attached hydrogens (tertiary/aromatic N) is 1. The zero-order valence-electron chi connectivity index (χ0n) is 10.3. The first-order valence-corrected chi connectivity index (χ1v) is 5.96. The van der Waals surface area contributed by atoms with Crippen molar-refractivity contribution in [3.05, 3.63) is 65.7 Å². The van der Waals surface area contributed by atoms with E-state index in [1.54, 1.807) is 30.5 Å². The van der Waals surface area contributed by atoms with Gasteiger partial charge in [-0.05, 0) is 23.3 Å². The highest BCUT2D eigenvalue weighted by atomic mass is 19.3. The third-order valence-corrected chi connectivity index (χ3v) is 2.60. The first-order valence-electron chi connectivity index (χ1n) is 5.96. The highest BCUT2D eigenvalue weighted by molar-refractivity contribution is 5.82. The third-order valence-electron chi connectivity index (χ3n) is 2.60. The molecule has 2 aromatic carbocycles. The first-order chi connectivity index (χ1) is 9.25. The van der Waals surface area contributed by atoms with E-state index in [0.717, 1.165) is 5.69 Å². The molecule has 2 aromatic rings. The highest BCUT2D eigenvalue weighted by Gasteiger charge is 2.07. The standard InChI is InChI=1S/C15H14F2N2/c16-15(17)10-12-6-4-5-7-13(12)11-18-19-14-8-2-1-3-9-14/h1-9,11,15,19H,10H2. The smallest absolute Gasteiger partial charge is 0.242 e. The van der Waals surface area contributed by atoms with Crippen LogP contribution in [-0.2, 0) is 6.42 Å². The summed E-state index contributed by atoms with van der Waals surface area (Å²) >= 11 is 0. The van der Waals surface area contributed by atoms with Crippen molar-refractivity contribution in [1.82, 2.24) is 0 Å². The van der Waals surface area contributed by atoms with E-state index in [-0.39, 0.29) is 6.42 Å². The monoisotopic (exact) mass is 260 g/mol. The van der Waals surface area contributed by atoms with Crippen LogP contribution in [0.15, 0.2) is 59.7 Å². The van der Waals surface area contributed by atoms with Gasteiger partial charge in [-0.15, -0.1) is 0 Å². The fourth-order valence-electron chi connectivity index (χ4n) is 1.70. The van der Waals surface area contributed by atoms with Crippen molar-refractivity contribution in [2.75, 3.05) is 5.43 Å². The molecule has 0 spiro atoms. The van der Waals surface area contributed by atoms with Crippen molar-refractivity contribution in [3.63, 3.8) is 0 Å². The van der Waals surface area contributed by atoms with Crippen LogP contribution in [0, 0.1) is 0 Å². The van der Waals surface area contributed by atoms with E-state index in [2.05, 4.69) is 10.5 Å². The van der Waals surface area contributed by atoms with Crippen molar-refractivity contribution >= 4 is 11.9 Å². The van der Waals surface area contributed by atoms with Crippen LogP contribution in [0.4, 0.5) is 14.5 Å². The molecule has 2 rings (SSSR count). The van der Waals surface area contributed by atoms with Gasteiger partial charge in [-0.2, -0.15) is 5.10 Å². The molecular weight excluding hydrogens is 246 g/mol. The quantitative estimate of drug-likeness (QED) is 0.639. The SMILES string of the molecule is FC(F)Cc1ccccc1C=NNc1ccccc1. The van der Waals surface area contributed by atoms with Crippen LogP contribution in [-0.4, -0.2) is 12.6 Å². The molecule has 0 heterocycles. The van der Waals surface area contributed by atoms with E-state index in [0.29, 0.717) is 11.1 Å².